The molecule has 1 aliphatic heterocycles. The highest BCUT2D eigenvalue weighted by Gasteiger charge is 2.17. The lowest BCUT2D eigenvalue weighted by Crippen LogP contribution is -2.37. The summed E-state index contributed by atoms with van der Waals surface area (Å²) >= 11 is 0. The van der Waals surface area contributed by atoms with E-state index in [-0.39, 0.29) is 17.7 Å². The smallest absolute Gasteiger partial charge is 0.247 e. The zero-order chi connectivity index (χ0) is 8.27. The van der Waals surface area contributed by atoms with Crippen molar-refractivity contribution in [3.05, 3.63) is 11.8 Å². The Hall–Kier alpha value is -0.990. The number of carbonyl (C=O) groups is 1. The van der Waals surface area contributed by atoms with E-state index in [2.05, 4.69) is 12.2 Å². The molecule has 11 heavy (non-hydrogen) atoms. The highest BCUT2D eigenvalue weighted by atomic mass is 16.3. The Kier molecular flexibility index (Phi) is 2.52. The molecule has 0 aromatic rings. The average Bonchev–Trinajstić information content (AvgIpc) is 1.85. The Morgan fingerprint density at radius 2 is 2.55 bits per heavy atom. The van der Waals surface area contributed by atoms with Gasteiger partial charge in [-0.1, -0.05) is 13.3 Å². The van der Waals surface area contributed by atoms with Gasteiger partial charge in [0, 0.05) is 18.5 Å². The van der Waals surface area contributed by atoms with Crippen LogP contribution in [0.2, 0.25) is 0 Å². The van der Waals surface area contributed by atoms with Crippen molar-refractivity contribution < 1.29 is 9.90 Å². The number of hydrogen-bond donors (Lipinski definition) is 2. The number of carbonyl (C=O) groups excluding carboxylic acids is 1. The van der Waals surface area contributed by atoms with Gasteiger partial charge < -0.3 is 10.4 Å². The molecule has 2 N–H and O–H groups in total. The molecule has 0 aromatic carbocycles. The lowest BCUT2D eigenvalue weighted by atomic mass is 10.0. The molecule has 1 atom stereocenters. The van der Waals surface area contributed by atoms with Crippen molar-refractivity contribution >= 4 is 5.91 Å². The molecule has 1 heterocycles. The molecule has 0 bridgehead atoms. The van der Waals surface area contributed by atoms with Crippen molar-refractivity contribution in [2.24, 2.45) is 0 Å². The van der Waals surface area contributed by atoms with E-state index in [9.17, 15) is 4.79 Å². The molecule has 1 unspecified atom stereocenters. The number of hydrogen-bond acceptors (Lipinski definition) is 2. The topological polar surface area (TPSA) is 49.3 Å². The monoisotopic (exact) mass is 155 g/mol. The minimum atomic E-state index is -0.174. The maximum atomic E-state index is 10.8. The Morgan fingerprint density at radius 1 is 1.82 bits per heavy atom. The van der Waals surface area contributed by atoms with E-state index in [1.54, 1.807) is 0 Å². The van der Waals surface area contributed by atoms with E-state index < -0.39 is 0 Å². The van der Waals surface area contributed by atoms with Gasteiger partial charge >= 0.3 is 0 Å². The average molecular weight is 155 g/mol. The second-order valence-electron chi connectivity index (χ2n) is 2.83. The predicted octanol–water partition coefficient (Wildman–Crippen LogP) is 1.12. The van der Waals surface area contributed by atoms with Crippen molar-refractivity contribution in [3.8, 4) is 0 Å². The van der Waals surface area contributed by atoms with Crippen molar-refractivity contribution in [1.29, 1.82) is 0 Å². The number of rotatable bonds is 2. The van der Waals surface area contributed by atoms with Gasteiger partial charge in [-0.05, 0) is 6.42 Å². The second-order valence-corrected chi connectivity index (χ2v) is 2.83. The Labute approximate surface area is 66.1 Å². The van der Waals surface area contributed by atoms with Crippen molar-refractivity contribution in [1.82, 2.24) is 5.32 Å². The minimum absolute atomic E-state index is 0.137. The van der Waals surface area contributed by atoms with Crippen LogP contribution in [0.15, 0.2) is 11.8 Å². The maximum Gasteiger partial charge on any atom is 0.247 e. The van der Waals surface area contributed by atoms with Gasteiger partial charge in [0.15, 0.2) is 0 Å². The van der Waals surface area contributed by atoms with Crippen LogP contribution in [0.25, 0.3) is 0 Å². The molecule has 0 aromatic heterocycles. The third-order valence-electron chi connectivity index (χ3n) is 1.74. The zero-order valence-electron chi connectivity index (χ0n) is 6.63. The Balaban J connectivity index is 2.50. The van der Waals surface area contributed by atoms with Crippen LogP contribution in [0, 0.1) is 0 Å². The van der Waals surface area contributed by atoms with Gasteiger partial charge in [0.2, 0.25) is 5.91 Å². The summed E-state index contributed by atoms with van der Waals surface area (Å²) in [4.78, 5) is 10.8. The van der Waals surface area contributed by atoms with Gasteiger partial charge in [-0.25, -0.2) is 0 Å². The molecular weight excluding hydrogens is 142 g/mol. The third-order valence-corrected chi connectivity index (χ3v) is 1.74. The first kappa shape index (κ1) is 8.11. The second kappa shape index (κ2) is 3.42. The van der Waals surface area contributed by atoms with E-state index in [0.29, 0.717) is 6.42 Å². The van der Waals surface area contributed by atoms with Gasteiger partial charge in [0.05, 0.1) is 5.76 Å². The molecule has 0 aliphatic carbocycles. The fraction of sp³-hybridized carbons (Fsp3) is 0.625. The largest absolute Gasteiger partial charge is 0.512 e. The molecule has 3 heteroatoms. The van der Waals surface area contributed by atoms with E-state index in [4.69, 9.17) is 5.11 Å². The fourth-order valence-corrected chi connectivity index (χ4v) is 1.28. The summed E-state index contributed by atoms with van der Waals surface area (Å²) in [6, 6.07) is 0.137. The maximum absolute atomic E-state index is 10.8. The van der Waals surface area contributed by atoms with Crippen molar-refractivity contribution in [2.75, 3.05) is 0 Å². The van der Waals surface area contributed by atoms with Crippen molar-refractivity contribution in [3.63, 3.8) is 0 Å². The van der Waals surface area contributed by atoms with Gasteiger partial charge in [0.25, 0.3) is 0 Å². The molecule has 1 amide bonds. The first-order valence-corrected chi connectivity index (χ1v) is 3.92. The third kappa shape index (κ3) is 2.26. The van der Waals surface area contributed by atoms with Gasteiger partial charge in [-0.2, -0.15) is 0 Å². The fourth-order valence-electron chi connectivity index (χ4n) is 1.28. The molecule has 0 saturated carbocycles. The number of nitrogens with one attached hydrogen (secondary N) is 1. The van der Waals surface area contributed by atoms with Crippen molar-refractivity contribution in [2.45, 2.75) is 32.2 Å². The summed E-state index contributed by atoms with van der Waals surface area (Å²) in [5.41, 5.74) is 0. The van der Waals surface area contributed by atoms with Crippen LogP contribution < -0.4 is 5.32 Å². The summed E-state index contributed by atoms with van der Waals surface area (Å²) in [5, 5.41) is 11.8. The Bertz CT molecular complexity index is 187. The predicted molar refractivity (Wildman–Crippen MR) is 42.2 cm³/mol. The number of amides is 1. The van der Waals surface area contributed by atoms with Crippen LogP contribution in [0.3, 0.4) is 0 Å². The summed E-state index contributed by atoms with van der Waals surface area (Å²) < 4.78 is 0. The SMILES string of the molecule is CCCC1CC(O)=CC(=O)N1. The van der Waals surface area contributed by atoms with Crippen LogP contribution >= 0.6 is 0 Å². The molecule has 62 valence electrons. The standard InChI is InChI=1S/C8H13NO2/c1-2-3-6-4-7(10)5-8(11)9-6/h5-6,10H,2-4H2,1H3,(H,9,11). The van der Waals surface area contributed by atoms with Crippen LogP contribution in [0.4, 0.5) is 0 Å². The summed E-state index contributed by atoms with van der Waals surface area (Å²) in [6.45, 7) is 2.06. The lowest BCUT2D eigenvalue weighted by Gasteiger charge is -2.20. The molecule has 3 nitrogen and oxygen atoms in total. The lowest BCUT2D eigenvalue weighted by molar-refractivity contribution is -0.117. The Morgan fingerprint density at radius 3 is 3.09 bits per heavy atom. The highest BCUT2D eigenvalue weighted by molar-refractivity contribution is 5.89. The number of aliphatic hydroxyl groups excluding tert-OH is 1. The highest BCUT2D eigenvalue weighted by Crippen LogP contribution is 2.11. The molecule has 0 radical (unpaired) electrons. The first-order chi connectivity index (χ1) is 5.22. The molecular formula is C8H13NO2. The van der Waals surface area contributed by atoms with E-state index in [0.717, 1.165) is 12.8 Å². The number of aliphatic hydroxyl groups is 1. The normalized spacial score (nSPS) is 24.3. The van der Waals surface area contributed by atoms with Crippen LogP contribution in [0.1, 0.15) is 26.2 Å². The first-order valence-electron chi connectivity index (χ1n) is 3.92. The summed E-state index contributed by atoms with van der Waals surface area (Å²) in [6.07, 6.45) is 3.79. The van der Waals surface area contributed by atoms with E-state index in [1.165, 1.54) is 6.08 Å². The summed E-state index contributed by atoms with van der Waals surface area (Å²) in [5.74, 6) is 0.0272. The minimum Gasteiger partial charge on any atom is -0.512 e. The quantitative estimate of drug-likeness (QED) is 0.627. The molecule has 1 rings (SSSR count). The van der Waals surface area contributed by atoms with Gasteiger partial charge in [0.1, 0.15) is 0 Å². The van der Waals surface area contributed by atoms with Crippen LogP contribution in [0.5, 0.6) is 0 Å². The van der Waals surface area contributed by atoms with Gasteiger partial charge in [-0.15, -0.1) is 0 Å². The van der Waals surface area contributed by atoms with Crippen LogP contribution in [-0.2, 0) is 4.79 Å². The summed E-state index contributed by atoms with van der Waals surface area (Å²) in [7, 11) is 0. The van der Waals surface area contributed by atoms with E-state index in [1.807, 2.05) is 0 Å². The molecule has 0 fully saturated rings. The molecule has 1 aliphatic rings. The molecule has 0 spiro atoms. The van der Waals surface area contributed by atoms with Gasteiger partial charge in [-0.3, -0.25) is 4.79 Å². The zero-order valence-corrected chi connectivity index (χ0v) is 6.63. The van der Waals surface area contributed by atoms with Crippen LogP contribution in [-0.4, -0.2) is 17.1 Å². The molecule has 0 saturated heterocycles. The van der Waals surface area contributed by atoms with E-state index >= 15 is 0 Å².